The van der Waals surface area contributed by atoms with E-state index in [-0.39, 0.29) is 5.91 Å². The van der Waals surface area contributed by atoms with Crippen LogP contribution in [0.4, 0.5) is 11.4 Å². The number of rotatable bonds is 7. The van der Waals surface area contributed by atoms with E-state index < -0.39 is 0 Å². The first-order valence-electron chi connectivity index (χ1n) is 8.54. The lowest BCUT2D eigenvalue weighted by atomic mass is 10.1. The Morgan fingerprint density at radius 3 is 2.48 bits per heavy atom. The van der Waals surface area contributed by atoms with E-state index in [0.29, 0.717) is 11.4 Å². The number of carbonyl (C=O) groups is 1. The summed E-state index contributed by atoms with van der Waals surface area (Å²) in [6.07, 6.45) is 2.47. The quantitative estimate of drug-likeness (QED) is 0.625. The lowest BCUT2D eigenvalue weighted by Gasteiger charge is -2.09. The third-order valence-corrected chi connectivity index (χ3v) is 4.25. The summed E-state index contributed by atoms with van der Waals surface area (Å²) in [4.78, 5) is 16.6. The highest BCUT2D eigenvalue weighted by molar-refractivity contribution is 6.30. The van der Waals surface area contributed by atoms with Gasteiger partial charge in [-0.05, 0) is 60.5 Å². The fourth-order valence-corrected chi connectivity index (χ4v) is 2.66. The topological polar surface area (TPSA) is 63.2 Å². The maximum atomic E-state index is 12.4. The van der Waals surface area contributed by atoms with E-state index in [9.17, 15) is 4.79 Å². The molecule has 0 aliphatic rings. The smallest absolute Gasteiger partial charge is 0.274 e. The van der Waals surface area contributed by atoms with Gasteiger partial charge >= 0.3 is 0 Å². The number of pyridine rings is 1. The number of amides is 1. The van der Waals surface area contributed by atoms with Gasteiger partial charge < -0.3 is 15.4 Å². The van der Waals surface area contributed by atoms with Crippen molar-refractivity contribution in [3.05, 3.63) is 83.1 Å². The Labute approximate surface area is 163 Å². The standard InChI is InChI=1S/C21H20ClN3O2/c1-27-19-8-6-17(7-9-19)25-21(26)20-14-18(11-13-24-20)23-12-10-15-2-4-16(22)5-3-15/h2-9,11,13-14H,10,12H2,1H3,(H,23,24)(H,25,26). The van der Waals surface area contributed by atoms with Gasteiger partial charge in [0, 0.05) is 29.1 Å². The summed E-state index contributed by atoms with van der Waals surface area (Å²) >= 11 is 5.90. The minimum Gasteiger partial charge on any atom is -0.497 e. The molecule has 3 rings (SSSR count). The van der Waals surface area contributed by atoms with Crippen LogP contribution in [-0.4, -0.2) is 24.5 Å². The largest absolute Gasteiger partial charge is 0.497 e. The molecule has 0 unspecified atom stereocenters. The van der Waals surface area contributed by atoms with E-state index >= 15 is 0 Å². The zero-order valence-corrected chi connectivity index (χ0v) is 15.7. The molecule has 0 aliphatic carbocycles. The van der Waals surface area contributed by atoms with E-state index in [1.54, 1.807) is 43.6 Å². The van der Waals surface area contributed by atoms with E-state index in [1.807, 2.05) is 30.3 Å². The Hall–Kier alpha value is -3.05. The monoisotopic (exact) mass is 381 g/mol. The summed E-state index contributed by atoms with van der Waals surface area (Å²) in [6.45, 7) is 0.741. The number of benzene rings is 2. The van der Waals surface area contributed by atoms with Crippen molar-refractivity contribution in [2.45, 2.75) is 6.42 Å². The Morgan fingerprint density at radius 1 is 1.04 bits per heavy atom. The molecule has 6 heteroatoms. The number of hydrogen-bond acceptors (Lipinski definition) is 4. The molecule has 1 amide bonds. The summed E-state index contributed by atoms with van der Waals surface area (Å²) in [6, 6.07) is 18.5. The molecule has 27 heavy (non-hydrogen) atoms. The van der Waals surface area contributed by atoms with E-state index in [2.05, 4.69) is 15.6 Å². The van der Waals surface area contributed by atoms with Crippen LogP contribution in [-0.2, 0) is 6.42 Å². The highest BCUT2D eigenvalue weighted by Crippen LogP contribution is 2.16. The van der Waals surface area contributed by atoms with Gasteiger partial charge in [0.15, 0.2) is 0 Å². The molecule has 1 heterocycles. The van der Waals surface area contributed by atoms with Crippen LogP contribution in [0.5, 0.6) is 5.75 Å². The fourth-order valence-electron chi connectivity index (χ4n) is 2.54. The summed E-state index contributed by atoms with van der Waals surface area (Å²) in [5.74, 6) is 0.472. The fraction of sp³-hybridized carbons (Fsp3) is 0.143. The molecule has 0 bridgehead atoms. The molecule has 1 aromatic heterocycles. The number of ether oxygens (including phenoxy) is 1. The highest BCUT2D eigenvalue weighted by Gasteiger charge is 2.08. The van der Waals surface area contributed by atoms with Gasteiger partial charge in [-0.15, -0.1) is 0 Å². The summed E-state index contributed by atoms with van der Waals surface area (Å²) < 4.78 is 5.11. The van der Waals surface area contributed by atoms with Crippen LogP contribution in [0.15, 0.2) is 66.9 Å². The number of aromatic nitrogens is 1. The van der Waals surface area contributed by atoms with E-state index in [1.165, 1.54) is 5.56 Å². The van der Waals surface area contributed by atoms with Gasteiger partial charge in [0.25, 0.3) is 5.91 Å². The summed E-state index contributed by atoms with van der Waals surface area (Å²) in [5.41, 5.74) is 3.07. The van der Waals surface area contributed by atoms with Gasteiger partial charge in [-0.2, -0.15) is 0 Å². The van der Waals surface area contributed by atoms with Crippen LogP contribution in [0.3, 0.4) is 0 Å². The molecule has 0 saturated heterocycles. The summed E-state index contributed by atoms with van der Waals surface area (Å²) in [7, 11) is 1.60. The minimum atomic E-state index is -0.262. The zero-order chi connectivity index (χ0) is 19.1. The van der Waals surface area contributed by atoms with Crippen molar-refractivity contribution in [3.63, 3.8) is 0 Å². The molecular weight excluding hydrogens is 362 g/mol. The normalized spacial score (nSPS) is 10.3. The molecule has 2 aromatic carbocycles. The van der Waals surface area contributed by atoms with Gasteiger partial charge in [0.2, 0.25) is 0 Å². The Bertz CT molecular complexity index is 896. The number of carbonyl (C=O) groups excluding carboxylic acids is 1. The molecule has 0 atom stereocenters. The second-order valence-electron chi connectivity index (χ2n) is 5.92. The first-order valence-corrected chi connectivity index (χ1v) is 8.91. The van der Waals surface area contributed by atoms with Crippen LogP contribution in [0, 0.1) is 0 Å². The second-order valence-corrected chi connectivity index (χ2v) is 6.35. The van der Waals surface area contributed by atoms with Crippen molar-refractivity contribution in [2.75, 3.05) is 24.3 Å². The number of halogens is 1. The highest BCUT2D eigenvalue weighted by atomic mass is 35.5. The maximum Gasteiger partial charge on any atom is 0.274 e. The lowest BCUT2D eigenvalue weighted by Crippen LogP contribution is -2.14. The number of methoxy groups -OCH3 is 1. The van der Waals surface area contributed by atoms with Crippen molar-refractivity contribution in [1.29, 1.82) is 0 Å². The Kier molecular flexibility index (Phi) is 6.28. The third kappa shape index (κ3) is 5.46. The maximum absolute atomic E-state index is 12.4. The number of anilines is 2. The first-order chi connectivity index (χ1) is 13.1. The number of nitrogens with one attached hydrogen (secondary N) is 2. The van der Waals surface area contributed by atoms with Gasteiger partial charge in [-0.1, -0.05) is 23.7 Å². The van der Waals surface area contributed by atoms with Gasteiger partial charge in [-0.25, -0.2) is 0 Å². The Morgan fingerprint density at radius 2 is 1.78 bits per heavy atom. The van der Waals surface area contributed by atoms with Gasteiger partial charge in [0.1, 0.15) is 11.4 Å². The van der Waals surface area contributed by atoms with Crippen LogP contribution in [0.1, 0.15) is 16.1 Å². The van der Waals surface area contributed by atoms with Crippen molar-refractivity contribution in [1.82, 2.24) is 4.98 Å². The SMILES string of the molecule is COc1ccc(NC(=O)c2cc(NCCc3ccc(Cl)cc3)ccn2)cc1. The predicted molar refractivity (Wildman–Crippen MR) is 109 cm³/mol. The van der Waals surface area contributed by atoms with Gasteiger partial charge in [0.05, 0.1) is 7.11 Å². The first kappa shape index (κ1) is 18.7. The molecule has 0 saturated carbocycles. The van der Waals surface area contributed by atoms with Crippen molar-refractivity contribution in [3.8, 4) is 5.75 Å². The molecule has 2 N–H and O–H groups in total. The molecular formula is C21H20ClN3O2. The van der Waals surface area contributed by atoms with Crippen molar-refractivity contribution in [2.24, 2.45) is 0 Å². The predicted octanol–water partition coefficient (Wildman–Crippen LogP) is 4.65. The van der Waals surface area contributed by atoms with Gasteiger partial charge in [-0.3, -0.25) is 9.78 Å². The molecule has 0 spiro atoms. The average Bonchev–Trinajstić information content (AvgIpc) is 2.70. The van der Waals surface area contributed by atoms with Crippen LogP contribution in [0.2, 0.25) is 5.02 Å². The van der Waals surface area contributed by atoms with Crippen LogP contribution >= 0.6 is 11.6 Å². The van der Waals surface area contributed by atoms with E-state index in [0.717, 1.165) is 29.4 Å². The second kappa shape index (κ2) is 9.05. The summed E-state index contributed by atoms with van der Waals surface area (Å²) in [5, 5.41) is 6.87. The average molecular weight is 382 g/mol. The van der Waals surface area contributed by atoms with Crippen LogP contribution < -0.4 is 15.4 Å². The van der Waals surface area contributed by atoms with Crippen molar-refractivity contribution < 1.29 is 9.53 Å². The molecule has 3 aromatic rings. The third-order valence-electron chi connectivity index (χ3n) is 4.00. The lowest BCUT2D eigenvalue weighted by molar-refractivity contribution is 0.102. The molecule has 0 radical (unpaired) electrons. The Balaban J connectivity index is 1.57. The molecule has 138 valence electrons. The van der Waals surface area contributed by atoms with E-state index in [4.69, 9.17) is 16.3 Å². The minimum absolute atomic E-state index is 0.262. The number of hydrogen-bond donors (Lipinski definition) is 2. The number of nitrogens with zero attached hydrogens (tertiary/aromatic N) is 1. The zero-order valence-electron chi connectivity index (χ0n) is 14.9. The molecule has 0 aliphatic heterocycles. The molecule has 5 nitrogen and oxygen atoms in total. The van der Waals surface area contributed by atoms with Crippen LogP contribution in [0.25, 0.3) is 0 Å². The van der Waals surface area contributed by atoms with Crippen molar-refractivity contribution >= 4 is 28.9 Å². The molecule has 0 fully saturated rings.